The quantitative estimate of drug-likeness (QED) is 0.634. The van der Waals surface area contributed by atoms with E-state index in [2.05, 4.69) is 20.6 Å². The summed E-state index contributed by atoms with van der Waals surface area (Å²) in [6.07, 6.45) is 2.98. The molecule has 2 N–H and O–H groups in total. The van der Waals surface area contributed by atoms with Crippen LogP contribution < -0.4 is 10.6 Å². The summed E-state index contributed by atoms with van der Waals surface area (Å²) in [6, 6.07) is 5.84. The zero-order chi connectivity index (χ0) is 15.2. The molecule has 2 rings (SSSR count). The van der Waals surface area contributed by atoms with Gasteiger partial charge < -0.3 is 10.6 Å². The van der Waals surface area contributed by atoms with E-state index >= 15 is 0 Å². The number of nitrogens with zero attached hydrogens (tertiary/aromatic N) is 3. The summed E-state index contributed by atoms with van der Waals surface area (Å²) in [6.45, 7) is 0.257. The number of nitro groups is 1. The van der Waals surface area contributed by atoms with Crippen LogP contribution in [0.3, 0.4) is 0 Å². The van der Waals surface area contributed by atoms with Crippen molar-refractivity contribution in [3.05, 3.63) is 58.2 Å². The molecule has 0 aliphatic rings. The van der Waals surface area contributed by atoms with Crippen LogP contribution in [0.4, 0.5) is 11.4 Å². The summed E-state index contributed by atoms with van der Waals surface area (Å²) in [7, 11) is 1.56. The Kier molecular flexibility index (Phi) is 4.39. The summed E-state index contributed by atoms with van der Waals surface area (Å²) in [5.41, 5.74) is 1.22. The lowest BCUT2D eigenvalue weighted by Gasteiger charge is -2.07. The highest BCUT2D eigenvalue weighted by Crippen LogP contribution is 2.24. The van der Waals surface area contributed by atoms with Crippen molar-refractivity contribution in [2.45, 2.75) is 6.54 Å². The number of nitro benzene ring substituents is 1. The molecule has 108 valence electrons. The van der Waals surface area contributed by atoms with E-state index in [4.69, 9.17) is 0 Å². The second-order valence-corrected chi connectivity index (χ2v) is 4.12. The van der Waals surface area contributed by atoms with Crippen LogP contribution in [-0.4, -0.2) is 27.8 Å². The lowest BCUT2D eigenvalue weighted by Crippen LogP contribution is -2.23. The first-order valence-electron chi connectivity index (χ1n) is 6.11. The summed E-state index contributed by atoms with van der Waals surface area (Å²) in [5, 5.41) is 16.2. The fourth-order valence-corrected chi connectivity index (χ4v) is 1.73. The molecule has 0 saturated carbocycles. The standard InChI is InChI=1S/C13H13N5O3/c1-14-11-6-9(2-3-12(11)18(20)21)13(19)16-7-10-4-5-15-8-17-10/h2-6,8,14H,7H2,1H3,(H,16,19). The molecule has 0 saturated heterocycles. The Bertz CT molecular complexity index is 660. The highest BCUT2D eigenvalue weighted by molar-refractivity contribution is 5.95. The first-order chi connectivity index (χ1) is 10.1. The van der Waals surface area contributed by atoms with Crippen molar-refractivity contribution in [3.63, 3.8) is 0 Å². The predicted molar refractivity (Wildman–Crippen MR) is 75.8 cm³/mol. The fraction of sp³-hybridized carbons (Fsp3) is 0.154. The Morgan fingerprint density at radius 1 is 1.38 bits per heavy atom. The van der Waals surface area contributed by atoms with Crippen LogP contribution in [0.5, 0.6) is 0 Å². The van der Waals surface area contributed by atoms with Gasteiger partial charge in [0.1, 0.15) is 12.0 Å². The second kappa shape index (κ2) is 6.42. The maximum atomic E-state index is 12.0. The van der Waals surface area contributed by atoms with E-state index in [0.29, 0.717) is 11.3 Å². The summed E-state index contributed by atoms with van der Waals surface area (Å²) < 4.78 is 0. The molecule has 0 bridgehead atoms. The Morgan fingerprint density at radius 2 is 2.19 bits per heavy atom. The largest absolute Gasteiger partial charge is 0.383 e. The van der Waals surface area contributed by atoms with Crippen LogP contribution in [0.25, 0.3) is 0 Å². The van der Waals surface area contributed by atoms with Crippen LogP contribution >= 0.6 is 0 Å². The highest BCUT2D eigenvalue weighted by atomic mass is 16.6. The molecular weight excluding hydrogens is 274 g/mol. The van der Waals surface area contributed by atoms with Gasteiger partial charge in [-0.1, -0.05) is 0 Å². The third-order valence-corrected chi connectivity index (χ3v) is 2.80. The van der Waals surface area contributed by atoms with Gasteiger partial charge in [0, 0.05) is 24.9 Å². The Morgan fingerprint density at radius 3 is 2.81 bits per heavy atom. The molecule has 0 fully saturated rings. The topological polar surface area (TPSA) is 110 Å². The van der Waals surface area contributed by atoms with Crippen molar-refractivity contribution < 1.29 is 9.72 Å². The number of hydrogen-bond donors (Lipinski definition) is 2. The van der Waals surface area contributed by atoms with E-state index in [1.54, 1.807) is 19.3 Å². The molecule has 1 aromatic heterocycles. The van der Waals surface area contributed by atoms with Gasteiger partial charge in [-0.3, -0.25) is 14.9 Å². The van der Waals surface area contributed by atoms with Crippen molar-refractivity contribution >= 4 is 17.3 Å². The molecule has 0 radical (unpaired) electrons. The zero-order valence-corrected chi connectivity index (χ0v) is 11.2. The number of rotatable bonds is 5. The molecule has 8 heteroatoms. The maximum Gasteiger partial charge on any atom is 0.292 e. The van der Waals surface area contributed by atoms with E-state index in [0.717, 1.165) is 0 Å². The summed E-state index contributed by atoms with van der Waals surface area (Å²) >= 11 is 0. The Hall–Kier alpha value is -3.03. The van der Waals surface area contributed by atoms with Crippen molar-refractivity contribution in [1.82, 2.24) is 15.3 Å². The van der Waals surface area contributed by atoms with Crippen molar-refractivity contribution in [2.24, 2.45) is 0 Å². The molecule has 0 unspecified atom stereocenters. The smallest absolute Gasteiger partial charge is 0.292 e. The van der Waals surface area contributed by atoms with E-state index in [9.17, 15) is 14.9 Å². The first-order valence-corrected chi connectivity index (χ1v) is 6.11. The molecule has 1 amide bonds. The monoisotopic (exact) mass is 287 g/mol. The third-order valence-electron chi connectivity index (χ3n) is 2.80. The molecule has 0 atom stereocenters. The van der Waals surface area contributed by atoms with E-state index in [1.165, 1.54) is 24.5 Å². The van der Waals surface area contributed by atoms with Crippen LogP contribution in [0.1, 0.15) is 16.1 Å². The minimum absolute atomic E-state index is 0.0788. The van der Waals surface area contributed by atoms with Gasteiger partial charge in [0.15, 0.2) is 0 Å². The highest BCUT2D eigenvalue weighted by Gasteiger charge is 2.15. The third kappa shape index (κ3) is 3.50. The number of nitrogens with one attached hydrogen (secondary N) is 2. The number of aromatic nitrogens is 2. The number of hydrogen-bond acceptors (Lipinski definition) is 6. The number of carbonyl (C=O) groups excluding carboxylic acids is 1. The van der Waals surface area contributed by atoms with E-state index < -0.39 is 4.92 Å². The van der Waals surface area contributed by atoms with Crippen molar-refractivity contribution in [1.29, 1.82) is 0 Å². The van der Waals surface area contributed by atoms with E-state index in [1.807, 2.05) is 0 Å². The first kappa shape index (κ1) is 14.4. The molecule has 8 nitrogen and oxygen atoms in total. The summed E-state index contributed by atoms with van der Waals surface area (Å²) in [5.74, 6) is -0.333. The number of anilines is 1. The van der Waals surface area contributed by atoms with Gasteiger partial charge in [-0.15, -0.1) is 0 Å². The minimum atomic E-state index is -0.506. The second-order valence-electron chi connectivity index (χ2n) is 4.12. The van der Waals surface area contributed by atoms with Gasteiger partial charge in [0.05, 0.1) is 17.2 Å². The van der Waals surface area contributed by atoms with Gasteiger partial charge in [0.2, 0.25) is 0 Å². The number of carbonyl (C=O) groups is 1. The number of amides is 1. The maximum absolute atomic E-state index is 12.0. The zero-order valence-electron chi connectivity index (χ0n) is 11.2. The predicted octanol–water partition coefficient (Wildman–Crippen LogP) is 1.36. The van der Waals surface area contributed by atoms with Gasteiger partial charge in [-0.05, 0) is 18.2 Å². The van der Waals surface area contributed by atoms with Crippen LogP contribution in [0.15, 0.2) is 36.8 Å². The normalized spacial score (nSPS) is 9.95. The molecule has 1 aromatic carbocycles. The fourth-order valence-electron chi connectivity index (χ4n) is 1.73. The lowest BCUT2D eigenvalue weighted by atomic mass is 10.1. The van der Waals surface area contributed by atoms with Crippen LogP contribution in [0, 0.1) is 10.1 Å². The Balaban J connectivity index is 2.11. The molecule has 2 aromatic rings. The van der Waals surface area contributed by atoms with Gasteiger partial charge >= 0.3 is 0 Å². The molecule has 0 aliphatic heterocycles. The Labute approximate surface area is 120 Å². The van der Waals surface area contributed by atoms with Crippen molar-refractivity contribution in [3.8, 4) is 0 Å². The lowest BCUT2D eigenvalue weighted by molar-refractivity contribution is -0.383. The molecule has 21 heavy (non-hydrogen) atoms. The minimum Gasteiger partial charge on any atom is -0.383 e. The van der Waals surface area contributed by atoms with E-state index in [-0.39, 0.29) is 23.8 Å². The average Bonchev–Trinajstić information content (AvgIpc) is 2.52. The van der Waals surface area contributed by atoms with Gasteiger partial charge in [-0.25, -0.2) is 9.97 Å². The van der Waals surface area contributed by atoms with Gasteiger partial charge in [0.25, 0.3) is 11.6 Å². The SMILES string of the molecule is CNc1cc(C(=O)NCc2ccncn2)ccc1[N+](=O)[O-]. The molecule has 0 spiro atoms. The average molecular weight is 287 g/mol. The number of benzene rings is 1. The van der Waals surface area contributed by atoms with Crippen molar-refractivity contribution in [2.75, 3.05) is 12.4 Å². The molecule has 0 aliphatic carbocycles. The van der Waals surface area contributed by atoms with Crippen LogP contribution in [0.2, 0.25) is 0 Å². The summed E-state index contributed by atoms with van der Waals surface area (Å²) in [4.78, 5) is 30.1. The van der Waals surface area contributed by atoms with Crippen LogP contribution in [-0.2, 0) is 6.54 Å². The van der Waals surface area contributed by atoms with Gasteiger partial charge in [-0.2, -0.15) is 0 Å². The molecular formula is C13H13N5O3. The molecule has 1 heterocycles.